The van der Waals surface area contributed by atoms with Crippen molar-refractivity contribution < 1.29 is 4.79 Å². The fourth-order valence-electron chi connectivity index (χ4n) is 2.13. The standard InChI is InChI=1S/C14H32N4O/c1-6-17(7-2)10-9-11-18(8-3)12-14(4,16-5)13(15)19/h16H,6-12H2,1-5H3,(H2,15,19). The van der Waals surface area contributed by atoms with Gasteiger partial charge in [-0.15, -0.1) is 0 Å². The van der Waals surface area contributed by atoms with Crippen molar-refractivity contribution in [2.75, 3.05) is 46.3 Å². The number of nitrogens with two attached hydrogens (primary N) is 1. The van der Waals surface area contributed by atoms with Crippen molar-refractivity contribution in [3.05, 3.63) is 0 Å². The third-order valence-electron chi connectivity index (χ3n) is 3.93. The third kappa shape index (κ3) is 6.36. The molecule has 0 aromatic rings. The maximum atomic E-state index is 11.5. The lowest BCUT2D eigenvalue weighted by molar-refractivity contribution is -0.124. The van der Waals surface area contributed by atoms with Crippen molar-refractivity contribution in [3.8, 4) is 0 Å². The van der Waals surface area contributed by atoms with Crippen molar-refractivity contribution in [1.82, 2.24) is 15.1 Å². The van der Waals surface area contributed by atoms with Crippen molar-refractivity contribution in [2.45, 2.75) is 39.7 Å². The van der Waals surface area contributed by atoms with Crippen LogP contribution in [0.2, 0.25) is 0 Å². The van der Waals surface area contributed by atoms with Crippen molar-refractivity contribution >= 4 is 5.91 Å². The van der Waals surface area contributed by atoms with Gasteiger partial charge in [0.2, 0.25) is 5.91 Å². The topological polar surface area (TPSA) is 61.6 Å². The second-order valence-corrected chi connectivity index (χ2v) is 5.20. The SMILES string of the molecule is CCN(CC)CCCN(CC)CC(C)(NC)C(N)=O. The minimum absolute atomic E-state index is 0.294. The van der Waals surface area contributed by atoms with Crippen LogP contribution in [-0.4, -0.2) is 67.6 Å². The molecule has 1 unspecified atom stereocenters. The molecule has 5 nitrogen and oxygen atoms in total. The van der Waals surface area contributed by atoms with Gasteiger partial charge in [0.1, 0.15) is 5.54 Å². The number of hydrogen-bond donors (Lipinski definition) is 2. The minimum atomic E-state index is -0.648. The summed E-state index contributed by atoms with van der Waals surface area (Å²) in [6.07, 6.45) is 1.12. The largest absolute Gasteiger partial charge is 0.368 e. The second kappa shape index (κ2) is 9.28. The van der Waals surface area contributed by atoms with Crippen LogP contribution in [0.3, 0.4) is 0 Å². The molecule has 0 saturated heterocycles. The van der Waals surface area contributed by atoms with Crippen LogP contribution in [0.4, 0.5) is 0 Å². The molecule has 5 heteroatoms. The Morgan fingerprint density at radius 1 is 1.11 bits per heavy atom. The average molecular weight is 272 g/mol. The molecular formula is C14H32N4O. The Bertz CT molecular complexity index is 256. The van der Waals surface area contributed by atoms with Gasteiger partial charge < -0.3 is 20.9 Å². The van der Waals surface area contributed by atoms with Gasteiger partial charge in [-0.2, -0.15) is 0 Å². The maximum Gasteiger partial charge on any atom is 0.238 e. The normalized spacial score (nSPS) is 14.9. The summed E-state index contributed by atoms with van der Waals surface area (Å²) in [5.74, 6) is -0.294. The van der Waals surface area contributed by atoms with E-state index in [4.69, 9.17) is 5.73 Å². The molecule has 0 saturated carbocycles. The first kappa shape index (κ1) is 18.4. The highest BCUT2D eigenvalue weighted by atomic mass is 16.1. The molecule has 3 N–H and O–H groups in total. The highest BCUT2D eigenvalue weighted by Crippen LogP contribution is 2.06. The van der Waals surface area contributed by atoms with Crippen LogP contribution in [0.5, 0.6) is 0 Å². The molecule has 19 heavy (non-hydrogen) atoms. The molecule has 1 atom stereocenters. The number of carbonyl (C=O) groups is 1. The number of nitrogens with one attached hydrogen (secondary N) is 1. The van der Waals surface area contributed by atoms with Crippen LogP contribution in [0, 0.1) is 0 Å². The summed E-state index contributed by atoms with van der Waals surface area (Å²) in [5.41, 5.74) is 4.82. The number of likely N-dealkylation sites (N-methyl/N-ethyl adjacent to an activating group) is 2. The molecule has 0 aromatic carbocycles. The summed E-state index contributed by atoms with van der Waals surface area (Å²) in [4.78, 5) is 16.2. The lowest BCUT2D eigenvalue weighted by Gasteiger charge is -2.32. The first-order valence-electron chi connectivity index (χ1n) is 7.37. The fourth-order valence-corrected chi connectivity index (χ4v) is 2.13. The lowest BCUT2D eigenvalue weighted by Crippen LogP contribution is -2.58. The maximum absolute atomic E-state index is 11.5. The summed E-state index contributed by atoms with van der Waals surface area (Å²) >= 11 is 0. The van der Waals surface area contributed by atoms with E-state index >= 15 is 0 Å². The summed E-state index contributed by atoms with van der Waals surface area (Å²) in [5, 5.41) is 3.04. The number of amides is 1. The first-order valence-corrected chi connectivity index (χ1v) is 7.37. The number of hydrogen-bond acceptors (Lipinski definition) is 4. The average Bonchev–Trinajstić information content (AvgIpc) is 2.41. The van der Waals surface area contributed by atoms with Gasteiger partial charge in [0.15, 0.2) is 0 Å². The van der Waals surface area contributed by atoms with Gasteiger partial charge in [-0.25, -0.2) is 0 Å². The summed E-state index contributed by atoms with van der Waals surface area (Å²) in [6.45, 7) is 14.2. The quantitative estimate of drug-likeness (QED) is 0.575. The molecule has 1 amide bonds. The molecule has 0 aliphatic carbocycles. The Morgan fingerprint density at radius 2 is 1.58 bits per heavy atom. The minimum Gasteiger partial charge on any atom is -0.368 e. The lowest BCUT2D eigenvalue weighted by atomic mass is 10.0. The Hall–Kier alpha value is -0.650. The Labute approximate surface area is 118 Å². The van der Waals surface area contributed by atoms with E-state index in [0.29, 0.717) is 6.54 Å². The number of nitrogens with zero attached hydrogens (tertiary/aromatic N) is 2. The van der Waals surface area contributed by atoms with E-state index in [2.05, 4.69) is 35.9 Å². The molecule has 0 heterocycles. The Morgan fingerprint density at radius 3 is 1.95 bits per heavy atom. The highest BCUT2D eigenvalue weighted by molar-refractivity contribution is 5.84. The van der Waals surface area contributed by atoms with E-state index in [1.54, 1.807) is 7.05 Å². The van der Waals surface area contributed by atoms with E-state index in [9.17, 15) is 4.79 Å². The van der Waals surface area contributed by atoms with Gasteiger partial charge >= 0.3 is 0 Å². The van der Waals surface area contributed by atoms with Gasteiger partial charge in [-0.05, 0) is 53.1 Å². The zero-order valence-electron chi connectivity index (χ0n) is 13.3. The molecule has 0 radical (unpaired) electrons. The molecule has 0 aliphatic rings. The molecule has 0 bridgehead atoms. The molecule has 0 aromatic heterocycles. The van der Waals surface area contributed by atoms with Crippen LogP contribution in [-0.2, 0) is 4.79 Å². The molecule has 0 fully saturated rings. The van der Waals surface area contributed by atoms with E-state index < -0.39 is 5.54 Å². The summed E-state index contributed by atoms with van der Waals surface area (Å²) < 4.78 is 0. The second-order valence-electron chi connectivity index (χ2n) is 5.20. The predicted molar refractivity (Wildman–Crippen MR) is 81.2 cm³/mol. The van der Waals surface area contributed by atoms with E-state index in [1.165, 1.54) is 0 Å². The summed E-state index contributed by atoms with van der Waals surface area (Å²) in [6, 6.07) is 0. The first-order chi connectivity index (χ1) is 8.93. The monoisotopic (exact) mass is 272 g/mol. The highest BCUT2D eigenvalue weighted by Gasteiger charge is 2.30. The number of primary amides is 1. The van der Waals surface area contributed by atoms with E-state index in [1.807, 2.05) is 6.92 Å². The van der Waals surface area contributed by atoms with Gasteiger partial charge in [0, 0.05) is 6.54 Å². The van der Waals surface area contributed by atoms with Gasteiger partial charge in [0.05, 0.1) is 0 Å². The van der Waals surface area contributed by atoms with Crippen molar-refractivity contribution in [2.24, 2.45) is 5.73 Å². The van der Waals surface area contributed by atoms with E-state index in [-0.39, 0.29) is 5.91 Å². The molecule has 114 valence electrons. The predicted octanol–water partition coefficient (Wildman–Crippen LogP) is 0.504. The molecule has 0 spiro atoms. The van der Waals surface area contributed by atoms with Crippen molar-refractivity contribution in [1.29, 1.82) is 0 Å². The van der Waals surface area contributed by atoms with Crippen LogP contribution >= 0.6 is 0 Å². The third-order valence-corrected chi connectivity index (χ3v) is 3.93. The van der Waals surface area contributed by atoms with Gasteiger partial charge in [0.25, 0.3) is 0 Å². The molecule has 0 rings (SSSR count). The van der Waals surface area contributed by atoms with Crippen LogP contribution in [0.1, 0.15) is 34.1 Å². The smallest absolute Gasteiger partial charge is 0.238 e. The number of carbonyl (C=O) groups excluding carboxylic acids is 1. The van der Waals surface area contributed by atoms with Crippen LogP contribution < -0.4 is 11.1 Å². The zero-order chi connectivity index (χ0) is 14.9. The Kier molecular flexibility index (Phi) is 8.97. The number of rotatable bonds is 11. The van der Waals surface area contributed by atoms with E-state index in [0.717, 1.165) is 39.1 Å². The Balaban J connectivity index is 4.24. The molecular weight excluding hydrogens is 240 g/mol. The zero-order valence-corrected chi connectivity index (χ0v) is 13.3. The summed E-state index contributed by atoms with van der Waals surface area (Å²) in [7, 11) is 1.79. The van der Waals surface area contributed by atoms with Crippen LogP contribution in [0.25, 0.3) is 0 Å². The van der Waals surface area contributed by atoms with Gasteiger partial charge in [-0.1, -0.05) is 20.8 Å². The van der Waals surface area contributed by atoms with Crippen molar-refractivity contribution in [3.63, 3.8) is 0 Å². The molecule has 0 aliphatic heterocycles. The fraction of sp³-hybridized carbons (Fsp3) is 0.929. The van der Waals surface area contributed by atoms with Gasteiger partial charge in [-0.3, -0.25) is 4.79 Å². The van der Waals surface area contributed by atoms with Crippen LogP contribution in [0.15, 0.2) is 0 Å².